The molecule has 32 heavy (non-hydrogen) atoms. The molecule has 0 aromatic rings. The predicted molar refractivity (Wildman–Crippen MR) is 134 cm³/mol. The summed E-state index contributed by atoms with van der Waals surface area (Å²) in [6, 6.07) is 0. The molecule has 0 spiro atoms. The van der Waals surface area contributed by atoms with Gasteiger partial charge in [0.1, 0.15) is 19.3 Å². The Morgan fingerprint density at radius 1 is 0.844 bits per heavy atom. The van der Waals surface area contributed by atoms with Crippen LogP contribution in [0.2, 0.25) is 0 Å². The maximum Gasteiger partial charge on any atom is 0.472 e. The smallest absolute Gasteiger partial charge is 0.379 e. The van der Waals surface area contributed by atoms with Crippen molar-refractivity contribution in [2.24, 2.45) is 0 Å². The molecule has 0 rings (SSSR count). The van der Waals surface area contributed by atoms with Crippen LogP contribution in [0.15, 0.2) is 0 Å². The van der Waals surface area contributed by atoms with Gasteiger partial charge in [0.05, 0.1) is 27.7 Å². The summed E-state index contributed by atoms with van der Waals surface area (Å²) >= 11 is 0. The number of nitrogens with one attached hydrogen (secondary N) is 1. The van der Waals surface area contributed by atoms with E-state index < -0.39 is 13.9 Å². The number of nitrogens with zero attached hydrogens (tertiary/aromatic N) is 1. The molecule has 0 amide bonds. The summed E-state index contributed by atoms with van der Waals surface area (Å²) in [4.78, 5) is 10.0. The number of quaternary nitrogens is 1. The number of likely N-dealkylation sites (N-methyl/N-ethyl adjacent to an activating group) is 2. The van der Waals surface area contributed by atoms with Gasteiger partial charge in [-0.2, -0.15) is 0 Å². The van der Waals surface area contributed by atoms with Gasteiger partial charge in [-0.15, -0.1) is 0 Å². The third kappa shape index (κ3) is 23.2. The maximum absolute atomic E-state index is 12.2. The van der Waals surface area contributed by atoms with Gasteiger partial charge in [-0.3, -0.25) is 9.05 Å². The van der Waals surface area contributed by atoms with Crippen molar-refractivity contribution < 1.29 is 27.7 Å². The molecule has 0 saturated heterocycles. The number of hydrogen-bond donors (Lipinski definition) is 2. The Kier molecular flexibility index (Phi) is 20.4. The summed E-state index contributed by atoms with van der Waals surface area (Å²) in [5.74, 6) is 0. The van der Waals surface area contributed by atoms with E-state index in [2.05, 4.69) is 12.2 Å². The summed E-state index contributed by atoms with van der Waals surface area (Å²) in [6.45, 7) is 7.20. The minimum absolute atomic E-state index is 0.172. The number of phosphoric acid groups is 1. The van der Waals surface area contributed by atoms with Gasteiger partial charge in [-0.05, 0) is 13.0 Å². The van der Waals surface area contributed by atoms with Gasteiger partial charge in [-0.25, -0.2) is 4.57 Å². The minimum atomic E-state index is -4.09. The molecule has 7 nitrogen and oxygen atoms in total. The van der Waals surface area contributed by atoms with Crippen molar-refractivity contribution in [3.63, 3.8) is 0 Å². The normalized spacial score (nSPS) is 15.1. The standard InChI is InChI=1S/C24H53N2O5P/c1-6-8-9-10-11-12-13-14-15-16-17-18-20-29-23-24(22-25-7-2)31-32(27,28)30-21-19-26(3,4)5/h24-25H,6-23H2,1-5H3/p+1. The molecular formula is C24H54N2O5P+. The lowest BCUT2D eigenvalue weighted by Crippen LogP contribution is -2.37. The van der Waals surface area contributed by atoms with E-state index in [0.717, 1.165) is 13.0 Å². The van der Waals surface area contributed by atoms with Crippen molar-refractivity contribution in [1.82, 2.24) is 5.32 Å². The lowest BCUT2D eigenvalue weighted by Gasteiger charge is -2.25. The number of ether oxygens (including phenoxy) is 1. The predicted octanol–water partition coefficient (Wildman–Crippen LogP) is 5.52. The van der Waals surface area contributed by atoms with Crippen LogP contribution in [0.5, 0.6) is 0 Å². The molecule has 0 aromatic carbocycles. The van der Waals surface area contributed by atoms with Gasteiger partial charge in [-0.1, -0.05) is 84.5 Å². The molecule has 2 unspecified atom stereocenters. The first kappa shape index (κ1) is 32.0. The molecule has 2 atom stereocenters. The summed E-state index contributed by atoms with van der Waals surface area (Å²) < 4.78 is 29.1. The number of unbranched alkanes of at least 4 members (excludes halogenated alkanes) is 11. The second-order valence-corrected chi connectivity index (χ2v) is 11.2. The van der Waals surface area contributed by atoms with Gasteiger partial charge < -0.3 is 19.4 Å². The minimum Gasteiger partial charge on any atom is -0.379 e. The van der Waals surface area contributed by atoms with E-state index in [4.69, 9.17) is 13.8 Å². The van der Waals surface area contributed by atoms with Crippen LogP contribution in [0.4, 0.5) is 0 Å². The molecule has 0 aliphatic rings. The van der Waals surface area contributed by atoms with Crippen LogP contribution in [-0.4, -0.2) is 76.1 Å². The van der Waals surface area contributed by atoms with E-state index in [1.165, 1.54) is 70.6 Å². The maximum atomic E-state index is 12.2. The SMILES string of the molecule is CCCCCCCCCCCCCCOCC(CNCC)OP(=O)(O)OCC[N+](C)(C)C. The van der Waals surface area contributed by atoms with Crippen LogP contribution >= 0.6 is 7.82 Å². The number of rotatable bonds is 24. The van der Waals surface area contributed by atoms with E-state index in [1.54, 1.807) is 0 Å². The quantitative estimate of drug-likeness (QED) is 0.107. The highest BCUT2D eigenvalue weighted by atomic mass is 31.2. The molecule has 0 fully saturated rings. The van der Waals surface area contributed by atoms with Crippen LogP contribution in [0.25, 0.3) is 0 Å². The highest BCUT2D eigenvalue weighted by Crippen LogP contribution is 2.44. The van der Waals surface area contributed by atoms with Crippen LogP contribution in [0.3, 0.4) is 0 Å². The number of hydrogen-bond acceptors (Lipinski definition) is 5. The summed E-state index contributed by atoms with van der Waals surface area (Å²) in [7, 11) is 1.92. The van der Waals surface area contributed by atoms with Gasteiger partial charge >= 0.3 is 7.82 Å². The van der Waals surface area contributed by atoms with Crippen LogP contribution in [0, 0.1) is 0 Å². The third-order valence-electron chi connectivity index (χ3n) is 5.37. The van der Waals surface area contributed by atoms with Crippen LogP contribution in [-0.2, 0) is 18.3 Å². The highest BCUT2D eigenvalue weighted by molar-refractivity contribution is 7.47. The average Bonchev–Trinajstić information content (AvgIpc) is 2.70. The Bertz CT molecular complexity index is 460. The summed E-state index contributed by atoms with van der Waals surface area (Å²) in [6.07, 6.45) is 15.2. The van der Waals surface area contributed by atoms with Crippen molar-refractivity contribution in [2.45, 2.75) is 97.0 Å². The Balaban J connectivity index is 3.83. The van der Waals surface area contributed by atoms with Gasteiger partial charge in [0.25, 0.3) is 0 Å². The fourth-order valence-corrected chi connectivity index (χ4v) is 4.23. The first-order valence-corrected chi connectivity index (χ1v) is 14.4. The molecule has 194 valence electrons. The Labute approximate surface area is 198 Å². The summed E-state index contributed by atoms with van der Waals surface area (Å²) in [5, 5.41) is 3.16. The second-order valence-electron chi connectivity index (χ2n) is 9.81. The molecule has 0 aliphatic carbocycles. The molecule has 2 N–H and O–H groups in total. The monoisotopic (exact) mass is 481 g/mol. The van der Waals surface area contributed by atoms with E-state index in [0.29, 0.717) is 24.2 Å². The van der Waals surface area contributed by atoms with Crippen molar-refractivity contribution in [2.75, 3.05) is 60.6 Å². The molecule has 0 aromatic heterocycles. The van der Waals surface area contributed by atoms with E-state index in [-0.39, 0.29) is 13.2 Å². The average molecular weight is 482 g/mol. The molecular weight excluding hydrogens is 427 g/mol. The first-order valence-electron chi connectivity index (χ1n) is 12.9. The molecule has 0 radical (unpaired) electrons. The topological polar surface area (TPSA) is 77.0 Å². The Hall–Kier alpha value is -0.0100. The zero-order chi connectivity index (χ0) is 24.1. The Morgan fingerprint density at radius 2 is 1.38 bits per heavy atom. The van der Waals surface area contributed by atoms with Gasteiger partial charge in [0, 0.05) is 13.2 Å². The molecule has 8 heteroatoms. The first-order chi connectivity index (χ1) is 15.2. The van der Waals surface area contributed by atoms with Crippen molar-refractivity contribution in [1.29, 1.82) is 0 Å². The van der Waals surface area contributed by atoms with Crippen LogP contribution < -0.4 is 5.32 Å². The fourth-order valence-electron chi connectivity index (χ4n) is 3.34. The van der Waals surface area contributed by atoms with Gasteiger partial charge in [0.15, 0.2) is 0 Å². The Morgan fingerprint density at radius 3 is 1.88 bits per heavy atom. The molecule has 0 aliphatic heterocycles. The zero-order valence-corrected chi connectivity index (χ0v) is 22.7. The number of phosphoric ester groups is 1. The zero-order valence-electron chi connectivity index (χ0n) is 21.8. The van der Waals surface area contributed by atoms with Crippen molar-refractivity contribution in [3.8, 4) is 0 Å². The van der Waals surface area contributed by atoms with E-state index >= 15 is 0 Å². The lowest BCUT2D eigenvalue weighted by molar-refractivity contribution is -0.870. The molecule has 0 heterocycles. The van der Waals surface area contributed by atoms with E-state index in [9.17, 15) is 9.46 Å². The second kappa shape index (κ2) is 20.4. The molecule has 0 bridgehead atoms. The van der Waals surface area contributed by atoms with Crippen LogP contribution in [0.1, 0.15) is 90.9 Å². The largest absolute Gasteiger partial charge is 0.472 e. The van der Waals surface area contributed by atoms with E-state index in [1.807, 2.05) is 28.1 Å². The van der Waals surface area contributed by atoms with Gasteiger partial charge in [0.2, 0.25) is 0 Å². The fraction of sp³-hybridized carbons (Fsp3) is 1.00. The van der Waals surface area contributed by atoms with Crippen molar-refractivity contribution in [3.05, 3.63) is 0 Å². The third-order valence-corrected chi connectivity index (χ3v) is 6.44. The highest BCUT2D eigenvalue weighted by Gasteiger charge is 2.27. The lowest BCUT2D eigenvalue weighted by atomic mass is 10.1. The molecule has 0 saturated carbocycles. The van der Waals surface area contributed by atoms with Crippen molar-refractivity contribution >= 4 is 7.82 Å². The summed E-state index contributed by atoms with van der Waals surface area (Å²) in [5.41, 5.74) is 0.